The highest BCUT2D eigenvalue weighted by Gasteiger charge is 2.14. The molecule has 0 aliphatic carbocycles. The van der Waals surface area contributed by atoms with E-state index in [1.54, 1.807) is 0 Å². The average Bonchev–Trinajstić information content (AvgIpc) is 3.46. The summed E-state index contributed by atoms with van der Waals surface area (Å²) in [6.45, 7) is 2.02. The molecule has 0 saturated carbocycles. The molecule has 5 aromatic rings. The number of imidazole rings is 1. The number of fused-ring (bicyclic) bond motifs is 1. The molecule has 3 aromatic carbocycles. The second-order valence-corrected chi connectivity index (χ2v) is 7.56. The third-order valence-electron chi connectivity index (χ3n) is 5.18. The van der Waals surface area contributed by atoms with E-state index < -0.39 is 0 Å². The minimum Gasteiger partial charge on any atom is -0.421 e. The zero-order valence-electron chi connectivity index (χ0n) is 17.5. The molecule has 0 fully saturated rings. The fourth-order valence-corrected chi connectivity index (χ4v) is 3.48. The Morgan fingerprint density at radius 1 is 0.969 bits per heavy atom. The third-order valence-corrected chi connectivity index (χ3v) is 5.18. The summed E-state index contributed by atoms with van der Waals surface area (Å²) in [5.74, 6) is 1.46. The number of hydrogen-bond donors (Lipinski definition) is 2. The Hall–Kier alpha value is -4.26. The summed E-state index contributed by atoms with van der Waals surface area (Å²) in [7, 11) is 0. The molecule has 5 rings (SSSR count). The molecule has 7 heteroatoms. The molecule has 0 aliphatic rings. The van der Waals surface area contributed by atoms with E-state index in [9.17, 15) is 4.79 Å². The number of hydrogen-bond acceptors (Lipinski definition) is 5. The van der Waals surface area contributed by atoms with Crippen LogP contribution in [0.1, 0.15) is 17.9 Å². The lowest BCUT2D eigenvalue weighted by atomic mass is 10.1. The maximum atomic E-state index is 12.6. The van der Waals surface area contributed by atoms with Crippen LogP contribution in [0.25, 0.3) is 33.9 Å². The van der Waals surface area contributed by atoms with Crippen LogP contribution in [0.4, 0.5) is 5.69 Å². The predicted molar refractivity (Wildman–Crippen MR) is 123 cm³/mol. The SMILES string of the molecule is Cc1ccc(-c2nnc(CCC(=O)Nc3ccccc3-c3nc4ccccc4[nH]3)o2)cc1. The highest BCUT2D eigenvalue weighted by molar-refractivity contribution is 5.95. The molecule has 32 heavy (non-hydrogen) atoms. The lowest BCUT2D eigenvalue weighted by Crippen LogP contribution is -2.13. The fraction of sp³-hybridized carbons (Fsp3) is 0.120. The topological polar surface area (TPSA) is 96.7 Å². The first-order valence-corrected chi connectivity index (χ1v) is 10.4. The van der Waals surface area contributed by atoms with Crippen molar-refractivity contribution in [1.29, 1.82) is 0 Å². The van der Waals surface area contributed by atoms with Gasteiger partial charge in [0.25, 0.3) is 0 Å². The predicted octanol–water partition coefficient (Wildman–Crippen LogP) is 5.16. The molecule has 2 heterocycles. The van der Waals surface area contributed by atoms with Gasteiger partial charge in [-0.25, -0.2) is 4.98 Å². The number of amides is 1. The van der Waals surface area contributed by atoms with Crippen LogP contribution in [0.3, 0.4) is 0 Å². The second kappa shape index (κ2) is 8.47. The fourth-order valence-electron chi connectivity index (χ4n) is 3.48. The van der Waals surface area contributed by atoms with Gasteiger partial charge in [0.2, 0.25) is 17.7 Å². The standard InChI is InChI=1S/C25H21N5O2/c1-16-10-12-17(13-11-16)25-30-29-23(32-25)15-14-22(31)26-19-7-3-2-6-18(19)24-27-20-8-4-5-9-21(20)28-24/h2-13H,14-15H2,1H3,(H,26,31)(H,27,28). The summed E-state index contributed by atoms with van der Waals surface area (Å²) in [5, 5.41) is 11.1. The molecule has 0 unspecified atom stereocenters. The van der Waals surface area contributed by atoms with Gasteiger partial charge in [0.15, 0.2) is 0 Å². The molecule has 0 atom stereocenters. The molecule has 0 bridgehead atoms. The van der Waals surface area contributed by atoms with Crippen molar-refractivity contribution in [1.82, 2.24) is 20.2 Å². The minimum atomic E-state index is -0.136. The largest absolute Gasteiger partial charge is 0.421 e. The van der Waals surface area contributed by atoms with E-state index in [-0.39, 0.29) is 12.3 Å². The molecule has 2 N–H and O–H groups in total. The van der Waals surface area contributed by atoms with Crippen molar-refractivity contribution in [3.8, 4) is 22.8 Å². The molecule has 1 amide bonds. The quantitative estimate of drug-likeness (QED) is 0.393. The summed E-state index contributed by atoms with van der Waals surface area (Å²) >= 11 is 0. The molecule has 0 aliphatic heterocycles. The van der Waals surface area contributed by atoms with Crippen LogP contribution in [0.5, 0.6) is 0 Å². The number of carbonyl (C=O) groups excluding carboxylic acids is 1. The van der Waals surface area contributed by atoms with Crippen LogP contribution < -0.4 is 5.32 Å². The van der Waals surface area contributed by atoms with E-state index in [2.05, 4.69) is 25.5 Å². The molecule has 0 spiro atoms. The van der Waals surface area contributed by atoms with Gasteiger partial charge < -0.3 is 14.7 Å². The van der Waals surface area contributed by atoms with Crippen LogP contribution in [-0.2, 0) is 11.2 Å². The Morgan fingerprint density at radius 3 is 2.59 bits per heavy atom. The van der Waals surface area contributed by atoms with Gasteiger partial charge in [-0.15, -0.1) is 10.2 Å². The lowest BCUT2D eigenvalue weighted by Gasteiger charge is -2.09. The number of rotatable bonds is 6. The van der Waals surface area contributed by atoms with Gasteiger partial charge in [0.05, 0.1) is 16.7 Å². The Bertz CT molecular complexity index is 1350. The monoisotopic (exact) mass is 423 g/mol. The first kappa shape index (κ1) is 19.7. The van der Waals surface area contributed by atoms with Crippen molar-refractivity contribution in [3.05, 3.63) is 84.3 Å². The highest BCUT2D eigenvalue weighted by Crippen LogP contribution is 2.27. The molecular formula is C25H21N5O2. The van der Waals surface area contributed by atoms with E-state index in [1.807, 2.05) is 79.7 Å². The van der Waals surface area contributed by atoms with Crippen LogP contribution in [0, 0.1) is 6.92 Å². The maximum absolute atomic E-state index is 12.6. The van der Waals surface area contributed by atoms with Crippen molar-refractivity contribution in [2.45, 2.75) is 19.8 Å². The van der Waals surface area contributed by atoms with E-state index in [0.29, 0.717) is 29.7 Å². The molecule has 0 radical (unpaired) electrons. The number of carbonyl (C=O) groups is 1. The first-order chi connectivity index (χ1) is 15.7. The van der Waals surface area contributed by atoms with Crippen LogP contribution in [-0.4, -0.2) is 26.1 Å². The Morgan fingerprint density at radius 2 is 1.75 bits per heavy atom. The number of anilines is 1. The molecular weight excluding hydrogens is 402 g/mol. The average molecular weight is 423 g/mol. The van der Waals surface area contributed by atoms with E-state index >= 15 is 0 Å². The van der Waals surface area contributed by atoms with Gasteiger partial charge in [-0.1, -0.05) is 42.0 Å². The van der Waals surface area contributed by atoms with Crippen LogP contribution >= 0.6 is 0 Å². The van der Waals surface area contributed by atoms with Gasteiger partial charge in [0, 0.05) is 24.0 Å². The number of aryl methyl sites for hydroxylation is 2. The molecule has 158 valence electrons. The van der Waals surface area contributed by atoms with Crippen molar-refractivity contribution in [2.75, 3.05) is 5.32 Å². The number of benzene rings is 3. The Balaban J connectivity index is 1.27. The van der Waals surface area contributed by atoms with Gasteiger partial charge in [-0.05, 0) is 43.3 Å². The second-order valence-electron chi connectivity index (χ2n) is 7.56. The summed E-state index contributed by atoms with van der Waals surface area (Å²) in [6, 6.07) is 23.3. The van der Waals surface area contributed by atoms with Crippen molar-refractivity contribution in [3.63, 3.8) is 0 Å². The highest BCUT2D eigenvalue weighted by atomic mass is 16.4. The van der Waals surface area contributed by atoms with Gasteiger partial charge in [0.1, 0.15) is 5.82 Å². The van der Waals surface area contributed by atoms with E-state index in [4.69, 9.17) is 4.42 Å². The van der Waals surface area contributed by atoms with Crippen LogP contribution in [0.15, 0.2) is 77.2 Å². The molecule has 7 nitrogen and oxygen atoms in total. The van der Waals surface area contributed by atoms with E-state index in [0.717, 1.165) is 27.7 Å². The number of aromatic amines is 1. The van der Waals surface area contributed by atoms with Gasteiger partial charge in [-0.3, -0.25) is 4.79 Å². The smallest absolute Gasteiger partial charge is 0.247 e. The summed E-state index contributed by atoms with van der Waals surface area (Å²) in [5.41, 5.74) is 5.37. The minimum absolute atomic E-state index is 0.136. The van der Waals surface area contributed by atoms with Gasteiger partial charge >= 0.3 is 0 Å². The summed E-state index contributed by atoms with van der Waals surface area (Å²) < 4.78 is 5.72. The van der Waals surface area contributed by atoms with Crippen molar-refractivity contribution >= 4 is 22.6 Å². The molecule has 0 saturated heterocycles. The van der Waals surface area contributed by atoms with Crippen LogP contribution in [0.2, 0.25) is 0 Å². The number of aromatic nitrogens is 4. The zero-order chi connectivity index (χ0) is 21.9. The maximum Gasteiger partial charge on any atom is 0.247 e. The number of nitrogens with one attached hydrogen (secondary N) is 2. The zero-order valence-corrected chi connectivity index (χ0v) is 17.5. The first-order valence-electron chi connectivity index (χ1n) is 10.4. The third kappa shape index (κ3) is 4.13. The van der Waals surface area contributed by atoms with E-state index in [1.165, 1.54) is 0 Å². The van der Waals surface area contributed by atoms with Crippen molar-refractivity contribution in [2.24, 2.45) is 0 Å². The van der Waals surface area contributed by atoms with Gasteiger partial charge in [-0.2, -0.15) is 0 Å². The molecule has 2 aromatic heterocycles. The Labute approximate surface area is 184 Å². The number of para-hydroxylation sites is 3. The lowest BCUT2D eigenvalue weighted by molar-refractivity contribution is -0.116. The number of H-pyrrole nitrogens is 1. The van der Waals surface area contributed by atoms with Crippen molar-refractivity contribution < 1.29 is 9.21 Å². The normalized spacial score (nSPS) is 11.0. The number of nitrogens with zero attached hydrogens (tertiary/aromatic N) is 3. The summed E-state index contributed by atoms with van der Waals surface area (Å²) in [6.07, 6.45) is 0.585. The summed E-state index contributed by atoms with van der Waals surface area (Å²) in [4.78, 5) is 20.6. The Kier molecular flexibility index (Phi) is 5.21.